The van der Waals surface area contributed by atoms with Crippen molar-refractivity contribution in [3.05, 3.63) is 64.0 Å². The Bertz CT molecular complexity index is 895. The van der Waals surface area contributed by atoms with Gasteiger partial charge in [0.15, 0.2) is 5.11 Å². The zero-order chi connectivity index (χ0) is 17.1. The summed E-state index contributed by atoms with van der Waals surface area (Å²) in [7, 11) is 0. The second-order valence-corrected chi connectivity index (χ2v) is 6.51. The van der Waals surface area contributed by atoms with E-state index in [1.165, 1.54) is 12.1 Å². The van der Waals surface area contributed by atoms with Gasteiger partial charge in [-0.25, -0.2) is 4.39 Å². The Morgan fingerprint density at radius 2 is 2.00 bits per heavy atom. The molecule has 3 nitrogen and oxygen atoms in total. The van der Waals surface area contributed by atoms with E-state index in [2.05, 4.69) is 15.6 Å². The van der Waals surface area contributed by atoms with E-state index < -0.39 is 0 Å². The molecule has 0 saturated carbocycles. The smallest absolute Gasteiger partial charge is 0.170 e. The van der Waals surface area contributed by atoms with E-state index in [0.29, 0.717) is 33.8 Å². The van der Waals surface area contributed by atoms with Gasteiger partial charge in [0.2, 0.25) is 0 Å². The molecule has 1 heterocycles. The molecule has 0 unspecified atom stereocenters. The standard InChI is InChI=1S/C17H14Cl2FN3S/c18-11-1-3-16(14(19)7-11)23-17(24)21-6-5-10-9-22-15-4-2-12(20)8-13(10)15/h1-4,7-9,22H,5-6H2,(H2,21,23,24). The molecule has 0 radical (unpaired) electrons. The van der Waals surface area contributed by atoms with Gasteiger partial charge in [-0.3, -0.25) is 0 Å². The van der Waals surface area contributed by atoms with E-state index in [4.69, 9.17) is 35.4 Å². The Morgan fingerprint density at radius 1 is 1.17 bits per heavy atom. The molecule has 3 N–H and O–H groups in total. The molecule has 0 aliphatic carbocycles. The molecule has 1 aromatic heterocycles. The zero-order valence-corrected chi connectivity index (χ0v) is 14.8. The third kappa shape index (κ3) is 3.98. The number of nitrogens with one attached hydrogen (secondary N) is 3. The van der Waals surface area contributed by atoms with E-state index in [9.17, 15) is 4.39 Å². The van der Waals surface area contributed by atoms with Gasteiger partial charge in [0.1, 0.15) is 5.82 Å². The fourth-order valence-corrected chi connectivity index (χ4v) is 3.09. The van der Waals surface area contributed by atoms with Crippen LogP contribution in [0.5, 0.6) is 0 Å². The average molecular weight is 382 g/mol. The van der Waals surface area contributed by atoms with E-state index in [1.54, 1.807) is 24.3 Å². The first-order chi connectivity index (χ1) is 11.5. The van der Waals surface area contributed by atoms with Crippen LogP contribution >= 0.6 is 35.4 Å². The lowest BCUT2D eigenvalue weighted by Crippen LogP contribution is -2.30. The van der Waals surface area contributed by atoms with Crippen LogP contribution in [-0.2, 0) is 6.42 Å². The van der Waals surface area contributed by atoms with Crippen molar-refractivity contribution in [3.63, 3.8) is 0 Å². The highest BCUT2D eigenvalue weighted by Gasteiger charge is 2.06. The zero-order valence-electron chi connectivity index (χ0n) is 12.5. The molecule has 124 valence electrons. The molecule has 0 amide bonds. The molecule has 0 bridgehead atoms. The molecule has 0 aliphatic rings. The van der Waals surface area contributed by atoms with E-state index >= 15 is 0 Å². The summed E-state index contributed by atoms with van der Waals surface area (Å²) in [5.41, 5.74) is 2.64. The Kier molecular flexibility index (Phi) is 5.23. The van der Waals surface area contributed by atoms with Crippen LogP contribution in [0.15, 0.2) is 42.6 Å². The van der Waals surface area contributed by atoms with Gasteiger partial charge in [-0.15, -0.1) is 0 Å². The van der Waals surface area contributed by atoms with Gasteiger partial charge in [0.05, 0.1) is 10.7 Å². The predicted octanol–water partition coefficient (Wildman–Crippen LogP) is 5.14. The van der Waals surface area contributed by atoms with Crippen molar-refractivity contribution in [2.24, 2.45) is 0 Å². The van der Waals surface area contributed by atoms with Crippen molar-refractivity contribution in [1.29, 1.82) is 0 Å². The molecule has 7 heteroatoms. The van der Waals surface area contributed by atoms with Crippen molar-refractivity contribution in [2.75, 3.05) is 11.9 Å². The van der Waals surface area contributed by atoms with Crippen LogP contribution < -0.4 is 10.6 Å². The maximum absolute atomic E-state index is 13.4. The predicted molar refractivity (Wildman–Crippen MR) is 103 cm³/mol. The molecule has 0 atom stereocenters. The lowest BCUT2D eigenvalue weighted by Gasteiger charge is -2.11. The number of fused-ring (bicyclic) bond motifs is 1. The van der Waals surface area contributed by atoms with E-state index in [0.717, 1.165) is 16.5 Å². The van der Waals surface area contributed by atoms with Crippen LogP contribution in [0.4, 0.5) is 10.1 Å². The van der Waals surface area contributed by atoms with Gasteiger partial charge in [-0.1, -0.05) is 23.2 Å². The average Bonchev–Trinajstić information content (AvgIpc) is 2.92. The van der Waals surface area contributed by atoms with Crippen molar-refractivity contribution in [3.8, 4) is 0 Å². The molecular formula is C17H14Cl2FN3S. The summed E-state index contributed by atoms with van der Waals surface area (Å²) in [4.78, 5) is 3.13. The summed E-state index contributed by atoms with van der Waals surface area (Å²) >= 11 is 17.2. The largest absolute Gasteiger partial charge is 0.362 e. The summed E-state index contributed by atoms with van der Waals surface area (Å²) in [6.45, 7) is 0.612. The minimum atomic E-state index is -0.245. The number of rotatable bonds is 4. The van der Waals surface area contributed by atoms with Crippen molar-refractivity contribution in [2.45, 2.75) is 6.42 Å². The van der Waals surface area contributed by atoms with Crippen molar-refractivity contribution < 1.29 is 4.39 Å². The second-order valence-electron chi connectivity index (χ2n) is 5.26. The Balaban J connectivity index is 1.57. The van der Waals surface area contributed by atoms with Crippen LogP contribution in [0.25, 0.3) is 10.9 Å². The number of thiocarbonyl (C=S) groups is 1. The minimum Gasteiger partial charge on any atom is -0.362 e. The molecule has 3 rings (SSSR count). The third-order valence-electron chi connectivity index (χ3n) is 3.59. The van der Waals surface area contributed by atoms with Crippen molar-refractivity contribution in [1.82, 2.24) is 10.3 Å². The molecule has 0 fully saturated rings. The Hall–Kier alpha value is -1.82. The van der Waals surface area contributed by atoms with Crippen LogP contribution in [-0.4, -0.2) is 16.6 Å². The monoisotopic (exact) mass is 381 g/mol. The van der Waals surface area contributed by atoms with E-state index in [1.807, 2.05) is 6.20 Å². The fraction of sp³-hybridized carbons (Fsp3) is 0.118. The SMILES string of the molecule is Fc1ccc2[nH]cc(CCNC(=S)Nc3ccc(Cl)cc3Cl)c2c1. The minimum absolute atomic E-state index is 0.245. The Morgan fingerprint density at radius 3 is 2.79 bits per heavy atom. The molecular weight excluding hydrogens is 368 g/mol. The number of hydrogen-bond acceptors (Lipinski definition) is 1. The number of halogens is 3. The molecule has 3 aromatic rings. The molecule has 24 heavy (non-hydrogen) atoms. The van der Waals surface area contributed by atoms with E-state index in [-0.39, 0.29) is 5.82 Å². The second kappa shape index (κ2) is 7.38. The van der Waals surface area contributed by atoms with Crippen molar-refractivity contribution >= 4 is 57.1 Å². The number of H-pyrrole nitrogens is 1. The molecule has 0 saturated heterocycles. The fourth-order valence-electron chi connectivity index (χ4n) is 2.43. The number of hydrogen-bond donors (Lipinski definition) is 3. The quantitative estimate of drug-likeness (QED) is 0.547. The maximum Gasteiger partial charge on any atom is 0.170 e. The maximum atomic E-state index is 13.4. The van der Waals surface area contributed by atoms with Gasteiger partial charge in [-0.05, 0) is 60.6 Å². The normalized spacial score (nSPS) is 10.8. The van der Waals surface area contributed by atoms with Gasteiger partial charge in [0.25, 0.3) is 0 Å². The van der Waals surface area contributed by atoms with Gasteiger partial charge >= 0.3 is 0 Å². The number of aromatic nitrogens is 1. The Labute approximate surface area is 154 Å². The number of benzene rings is 2. The summed E-state index contributed by atoms with van der Waals surface area (Å²) in [5.74, 6) is -0.245. The first-order valence-corrected chi connectivity index (χ1v) is 8.45. The summed E-state index contributed by atoms with van der Waals surface area (Å²) in [5, 5.41) is 8.55. The lowest BCUT2D eigenvalue weighted by molar-refractivity contribution is 0.629. The first kappa shape index (κ1) is 17.0. The topological polar surface area (TPSA) is 39.9 Å². The molecule has 0 aliphatic heterocycles. The highest BCUT2D eigenvalue weighted by Crippen LogP contribution is 2.25. The van der Waals surface area contributed by atoms with Crippen LogP contribution in [0, 0.1) is 5.82 Å². The highest BCUT2D eigenvalue weighted by molar-refractivity contribution is 7.80. The molecule has 2 aromatic carbocycles. The van der Waals surface area contributed by atoms with Crippen LogP contribution in [0.3, 0.4) is 0 Å². The number of aromatic amines is 1. The van der Waals surface area contributed by atoms with Crippen LogP contribution in [0.1, 0.15) is 5.56 Å². The molecule has 0 spiro atoms. The summed E-state index contributed by atoms with van der Waals surface area (Å²) < 4.78 is 13.4. The van der Waals surface area contributed by atoms with Gasteiger partial charge in [0, 0.05) is 28.7 Å². The summed E-state index contributed by atoms with van der Waals surface area (Å²) in [6.07, 6.45) is 2.60. The first-order valence-electron chi connectivity index (χ1n) is 7.28. The lowest BCUT2D eigenvalue weighted by atomic mass is 10.1. The van der Waals surface area contributed by atoms with Gasteiger partial charge < -0.3 is 15.6 Å². The summed E-state index contributed by atoms with van der Waals surface area (Å²) in [6, 6.07) is 9.85. The van der Waals surface area contributed by atoms with Gasteiger partial charge in [-0.2, -0.15) is 0 Å². The third-order valence-corrected chi connectivity index (χ3v) is 4.38. The number of anilines is 1. The highest BCUT2D eigenvalue weighted by atomic mass is 35.5. The van der Waals surface area contributed by atoms with Crippen LogP contribution in [0.2, 0.25) is 10.0 Å².